The van der Waals surface area contributed by atoms with Crippen molar-refractivity contribution < 1.29 is 4.39 Å². The summed E-state index contributed by atoms with van der Waals surface area (Å²) in [5.41, 5.74) is 7.05. The molecule has 1 aromatic carbocycles. The Hall–Kier alpha value is -2.04. The van der Waals surface area contributed by atoms with E-state index in [1.807, 2.05) is 27.7 Å². The molecule has 2 N–H and O–H groups in total. The second-order valence-corrected chi connectivity index (χ2v) is 5.55. The Bertz CT molecular complexity index is 617. The molecule has 0 radical (unpaired) electrons. The highest BCUT2D eigenvalue weighted by atomic mass is 19.1. The van der Waals surface area contributed by atoms with Crippen molar-refractivity contribution in [1.82, 2.24) is 15.0 Å². The molecule has 0 spiro atoms. The molecule has 1 heterocycles. The SMILES string of the molecule is Cc1cc(F)ccc1-c1nc(N)nc(C(C)(C)C)n1. The molecule has 0 amide bonds. The maximum absolute atomic E-state index is 13.1. The smallest absolute Gasteiger partial charge is 0.223 e. The van der Waals surface area contributed by atoms with Gasteiger partial charge in [0.1, 0.15) is 11.6 Å². The van der Waals surface area contributed by atoms with Crippen molar-refractivity contribution in [3.8, 4) is 11.4 Å². The molecular weight excluding hydrogens is 243 g/mol. The number of rotatable bonds is 1. The molecule has 4 nitrogen and oxygen atoms in total. The summed E-state index contributed by atoms with van der Waals surface area (Å²) in [4.78, 5) is 12.7. The fourth-order valence-corrected chi connectivity index (χ4v) is 1.73. The van der Waals surface area contributed by atoms with Gasteiger partial charge in [-0.25, -0.2) is 9.37 Å². The van der Waals surface area contributed by atoms with Crippen LogP contribution < -0.4 is 5.73 Å². The van der Waals surface area contributed by atoms with Crippen molar-refractivity contribution >= 4 is 5.95 Å². The van der Waals surface area contributed by atoms with Gasteiger partial charge < -0.3 is 5.73 Å². The Morgan fingerprint density at radius 1 is 1.11 bits per heavy atom. The molecule has 0 fully saturated rings. The predicted octanol–water partition coefficient (Wildman–Crippen LogP) is 2.87. The van der Waals surface area contributed by atoms with Crippen LogP contribution in [0.4, 0.5) is 10.3 Å². The van der Waals surface area contributed by atoms with Gasteiger partial charge in [-0.2, -0.15) is 9.97 Å². The molecule has 5 heteroatoms. The predicted molar refractivity (Wildman–Crippen MR) is 73.1 cm³/mol. The average molecular weight is 260 g/mol. The lowest BCUT2D eigenvalue weighted by Crippen LogP contribution is -2.18. The molecular formula is C14H17FN4. The largest absolute Gasteiger partial charge is 0.368 e. The Morgan fingerprint density at radius 3 is 2.37 bits per heavy atom. The van der Waals surface area contributed by atoms with Gasteiger partial charge in [-0.15, -0.1) is 0 Å². The van der Waals surface area contributed by atoms with Crippen LogP contribution >= 0.6 is 0 Å². The lowest BCUT2D eigenvalue weighted by atomic mass is 9.95. The van der Waals surface area contributed by atoms with E-state index >= 15 is 0 Å². The van der Waals surface area contributed by atoms with E-state index < -0.39 is 0 Å². The zero-order valence-corrected chi connectivity index (χ0v) is 11.5. The minimum absolute atomic E-state index is 0.179. The van der Waals surface area contributed by atoms with Crippen LogP contribution in [-0.2, 0) is 5.41 Å². The standard InChI is InChI=1S/C14H17FN4/c1-8-7-9(15)5-6-10(8)11-17-12(14(2,3)4)19-13(16)18-11/h5-7H,1-4H3,(H2,16,17,18,19). The summed E-state index contributed by atoms with van der Waals surface area (Å²) in [6.45, 7) is 7.82. The van der Waals surface area contributed by atoms with E-state index in [2.05, 4.69) is 15.0 Å². The van der Waals surface area contributed by atoms with E-state index in [1.165, 1.54) is 12.1 Å². The average Bonchev–Trinajstić information content (AvgIpc) is 2.26. The van der Waals surface area contributed by atoms with Gasteiger partial charge in [-0.05, 0) is 30.7 Å². The summed E-state index contributed by atoms with van der Waals surface area (Å²) in [7, 11) is 0. The number of nitrogens with two attached hydrogens (primary N) is 1. The lowest BCUT2D eigenvalue weighted by Gasteiger charge is -2.17. The number of aryl methyl sites for hydroxylation is 1. The van der Waals surface area contributed by atoms with E-state index in [0.29, 0.717) is 11.6 Å². The minimum atomic E-state index is -0.278. The van der Waals surface area contributed by atoms with Gasteiger partial charge in [-0.3, -0.25) is 0 Å². The van der Waals surface area contributed by atoms with E-state index in [1.54, 1.807) is 6.07 Å². The van der Waals surface area contributed by atoms with Gasteiger partial charge in [0.2, 0.25) is 5.95 Å². The normalized spacial score (nSPS) is 11.6. The van der Waals surface area contributed by atoms with Crippen LogP contribution in [0, 0.1) is 12.7 Å². The maximum atomic E-state index is 13.1. The molecule has 0 unspecified atom stereocenters. The number of anilines is 1. The fraction of sp³-hybridized carbons (Fsp3) is 0.357. The summed E-state index contributed by atoms with van der Waals surface area (Å²) in [6, 6.07) is 4.50. The molecule has 1 aromatic heterocycles. The molecule has 2 aromatic rings. The van der Waals surface area contributed by atoms with Crippen LogP contribution in [0.2, 0.25) is 0 Å². The molecule has 0 saturated heterocycles. The Morgan fingerprint density at radius 2 is 1.79 bits per heavy atom. The number of aromatic nitrogens is 3. The van der Waals surface area contributed by atoms with Crippen molar-refractivity contribution in [2.24, 2.45) is 0 Å². The third-order valence-corrected chi connectivity index (χ3v) is 2.75. The highest BCUT2D eigenvalue weighted by molar-refractivity contribution is 5.60. The van der Waals surface area contributed by atoms with Crippen LogP contribution in [0.15, 0.2) is 18.2 Å². The van der Waals surface area contributed by atoms with E-state index in [0.717, 1.165) is 11.1 Å². The second-order valence-electron chi connectivity index (χ2n) is 5.55. The highest BCUT2D eigenvalue weighted by Gasteiger charge is 2.20. The number of nitrogens with zero attached hydrogens (tertiary/aromatic N) is 3. The topological polar surface area (TPSA) is 64.7 Å². The third kappa shape index (κ3) is 2.86. The van der Waals surface area contributed by atoms with Crippen molar-refractivity contribution in [3.63, 3.8) is 0 Å². The monoisotopic (exact) mass is 260 g/mol. The minimum Gasteiger partial charge on any atom is -0.368 e. The first kappa shape index (κ1) is 13.4. The number of hydrogen-bond acceptors (Lipinski definition) is 4. The lowest BCUT2D eigenvalue weighted by molar-refractivity contribution is 0.544. The van der Waals surface area contributed by atoms with Crippen molar-refractivity contribution in [1.29, 1.82) is 0 Å². The molecule has 100 valence electrons. The van der Waals surface area contributed by atoms with Gasteiger partial charge in [0.05, 0.1) is 0 Å². The number of nitrogen functional groups attached to an aromatic ring is 1. The molecule has 19 heavy (non-hydrogen) atoms. The summed E-state index contributed by atoms with van der Waals surface area (Å²) < 4.78 is 13.1. The van der Waals surface area contributed by atoms with Crippen LogP contribution in [0.1, 0.15) is 32.2 Å². The molecule has 0 aliphatic heterocycles. The van der Waals surface area contributed by atoms with Crippen LogP contribution in [0.5, 0.6) is 0 Å². The number of halogens is 1. The van der Waals surface area contributed by atoms with Gasteiger partial charge in [0, 0.05) is 11.0 Å². The zero-order valence-electron chi connectivity index (χ0n) is 11.5. The fourth-order valence-electron chi connectivity index (χ4n) is 1.73. The summed E-state index contributed by atoms with van der Waals surface area (Å²) in [5.74, 6) is 1.01. The molecule has 0 aliphatic rings. The summed E-state index contributed by atoms with van der Waals surface area (Å²) in [5, 5.41) is 0. The van der Waals surface area contributed by atoms with Gasteiger partial charge in [0.15, 0.2) is 5.82 Å². The van der Waals surface area contributed by atoms with Crippen LogP contribution in [0.3, 0.4) is 0 Å². The summed E-state index contributed by atoms with van der Waals surface area (Å²) >= 11 is 0. The Labute approximate surface area is 111 Å². The zero-order chi connectivity index (χ0) is 14.2. The number of benzene rings is 1. The maximum Gasteiger partial charge on any atom is 0.223 e. The highest BCUT2D eigenvalue weighted by Crippen LogP contribution is 2.24. The van der Waals surface area contributed by atoms with Crippen molar-refractivity contribution in [2.75, 3.05) is 5.73 Å². The molecule has 0 saturated carbocycles. The quantitative estimate of drug-likeness (QED) is 0.856. The van der Waals surface area contributed by atoms with E-state index in [9.17, 15) is 4.39 Å². The van der Waals surface area contributed by atoms with Gasteiger partial charge >= 0.3 is 0 Å². The molecule has 2 rings (SSSR count). The molecule has 0 bridgehead atoms. The Kier molecular flexibility index (Phi) is 3.22. The van der Waals surface area contributed by atoms with Crippen molar-refractivity contribution in [2.45, 2.75) is 33.1 Å². The summed E-state index contributed by atoms with van der Waals surface area (Å²) in [6.07, 6.45) is 0. The van der Waals surface area contributed by atoms with E-state index in [-0.39, 0.29) is 17.2 Å². The van der Waals surface area contributed by atoms with Crippen LogP contribution in [0.25, 0.3) is 11.4 Å². The molecule has 0 aliphatic carbocycles. The van der Waals surface area contributed by atoms with Gasteiger partial charge in [0.25, 0.3) is 0 Å². The first-order chi connectivity index (χ1) is 8.77. The third-order valence-electron chi connectivity index (χ3n) is 2.75. The van der Waals surface area contributed by atoms with Crippen molar-refractivity contribution in [3.05, 3.63) is 35.4 Å². The Balaban J connectivity index is 2.59. The van der Waals surface area contributed by atoms with E-state index in [4.69, 9.17) is 5.73 Å². The first-order valence-electron chi connectivity index (χ1n) is 6.06. The molecule has 0 atom stereocenters. The first-order valence-corrected chi connectivity index (χ1v) is 6.06. The number of hydrogen-bond donors (Lipinski definition) is 1. The van der Waals surface area contributed by atoms with Gasteiger partial charge in [-0.1, -0.05) is 20.8 Å². The van der Waals surface area contributed by atoms with Crippen LogP contribution in [-0.4, -0.2) is 15.0 Å². The second kappa shape index (κ2) is 4.57.